The van der Waals surface area contributed by atoms with Crippen LogP contribution in [0, 0.1) is 0 Å². The number of rotatable bonds is 6. The molecule has 0 radical (unpaired) electrons. The Hall–Kier alpha value is -2.30. The number of hydrogen-bond acceptors (Lipinski definition) is 4. The van der Waals surface area contributed by atoms with Gasteiger partial charge in [-0.15, -0.1) is 0 Å². The molecule has 1 aromatic carbocycles. The Bertz CT molecular complexity index is 784. The van der Waals surface area contributed by atoms with Gasteiger partial charge in [-0.25, -0.2) is 0 Å². The fourth-order valence-electron chi connectivity index (χ4n) is 2.78. The van der Waals surface area contributed by atoms with Crippen LogP contribution in [0.1, 0.15) is 11.4 Å². The van der Waals surface area contributed by atoms with Crippen molar-refractivity contribution < 1.29 is 0 Å². The lowest BCUT2D eigenvalue weighted by atomic mass is 10.2. The molecule has 6 heteroatoms. The minimum atomic E-state index is 0.532. The van der Waals surface area contributed by atoms with Gasteiger partial charge in [-0.2, -0.15) is 0 Å². The highest BCUT2D eigenvalue weighted by atomic mass is 35.5. The normalized spacial score (nSPS) is 10.6. The van der Waals surface area contributed by atoms with Crippen molar-refractivity contribution in [2.45, 2.75) is 13.1 Å². The summed E-state index contributed by atoms with van der Waals surface area (Å²) in [5, 5.41) is 1.06. The zero-order chi connectivity index (χ0) is 18.5. The first-order chi connectivity index (χ1) is 12.5. The van der Waals surface area contributed by atoms with Crippen molar-refractivity contribution in [2.75, 3.05) is 23.9 Å². The molecule has 0 spiro atoms. The van der Waals surface area contributed by atoms with Crippen LogP contribution in [-0.2, 0) is 13.1 Å². The summed E-state index contributed by atoms with van der Waals surface area (Å²) in [6.45, 7) is 1.34. The average Bonchev–Trinajstić information content (AvgIpc) is 2.65. The second-order valence-corrected chi connectivity index (χ2v) is 6.92. The highest BCUT2D eigenvalue weighted by Gasteiger charge is 2.16. The van der Waals surface area contributed by atoms with Crippen LogP contribution < -0.4 is 9.80 Å². The van der Waals surface area contributed by atoms with Gasteiger partial charge in [-0.05, 0) is 36.4 Å². The molecule has 0 N–H and O–H groups in total. The van der Waals surface area contributed by atoms with Crippen LogP contribution in [0.3, 0.4) is 0 Å². The Kier molecular flexibility index (Phi) is 5.96. The van der Waals surface area contributed by atoms with E-state index < -0.39 is 0 Å². The van der Waals surface area contributed by atoms with E-state index >= 15 is 0 Å². The fourth-order valence-corrected chi connectivity index (χ4v) is 3.09. The van der Waals surface area contributed by atoms with E-state index in [-0.39, 0.29) is 0 Å². The lowest BCUT2D eigenvalue weighted by molar-refractivity contribution is 0.855. The molecule has 26 heavy (non-hydrogen) atoms. The highest BCUT2D eigenvalue weighted by molar-refractivity contribution is 6.42. The standard InChI is InChI=1S/C20H20Cl2N4/c1-25(13-15-7-3-5-9-23-15)19-11-17(21)18(22)12-20(19)26(2)14-16-8-4-6-10-24-16/h3-12H,13-14H2,1-2H3. The number of anilines is 2. The smallest absolute Gasteiger partial charge is 0.0621 e. The molecular weight excluding hydrogens is 367 g/mol. The molecule has 0 aliphatic carbocycles. The van der Waals surface area contributed by atoms with E-state index in [1.54, 1.807) is 12.4 Å². The predicted octanol–water partition coefficient (Wildman–Crippen LogP) is 5.06. The van der Waals surface area contributed by atoms with E-state index in [0.29, 0.717) is 23.1 Å². The first kappa shape index (κ1) is 18.5. The number of halogens is 2. The van der Waals surface area contributed by atoms with Gasteiger partial charge in [0.2, 0.25) is 0 Å². The van der Waals surface area contributed by atoms with Gasteiger partial charge < -0.3 is 9.80 Å². The second-order valence-electron chi connectivity index (χ2n) is 6.11. The van der Waals surface area contributed by atoms with E-state index in [4.69, 9.17) is 23.2 Å². The maximum atomic E-state index is 6.29. The SMILES string of the molecule is CN(Cc1ccccn1)c1cc(Cl)c(Cl)cc1N(C)Cc1ccccn1. The van der Waals surface area contributed by atoms with Crippen LogP contribution in [0.2, 0.25) is 10.0 Å². The topological polar surface area (TPSA) is 32.3 Å². The molecule has 0 amide bonds. The van der Waals surface area contributed by atoms with Gasteiger partial charge in [0.15, 0.2) is 0 Å². The van der Waals surface area contributed by atoms with Crippen molar-refractivity contribution >= 4 is 34.6 Å². The summed E-state index contributed by atoms with van der Waals surface area (Å²) >= 11 is 12.6. The summed E-state index contributed by atoms with van der Waals surface area (Å²) in [5.41, 5.74) is 3.95. The molecule has 0 fully saturated rings. The minimum absolute atomic E-state index is 0.532. The lowest BCUT2D eigenvalue weighted by Crippen LogP contribution is -2.23. The molecule has 0 unspecified atom stereocenters. The van der Waals surface area contributed by atoms with Crippen LogP contribution in [0.25, 0.3) is 0 Å². The third-order valence-corrected chi connectivity index (χ3v) is 4.81. The third-order valence-electron chi connectivity index (χ3n) is 4.09. The zero-order valence-corrected chi connectivity index (χ0v) is 16.2. The van der Waals surface area contributed by atoms with E-state index in [1.807, 2.05) is 62.6 Å². The Morgan fingerprint density at radius 3 is 1.50 bits per heavy atom. The highest BCUT2D eigenvalue weighted by Crippen LogP contribution is 2.37. The van der Waals surface area contributed by atoms with Crippen molar-refractivity contribution in [2.24, 2.45) is 0 Å². The van der Waals surface area contributed by atoms with Gasteiger partial charge in [-0.1, -0.05) is 35.3 Å². The molecule has 134 valence electrons. The molecule has 2 heterocycles. The largest absolute Gasteiger partial charge is 0.367 e. The van der Waals surface area contributed by atoms with Gasteiger partial charge in [0.25, 0.3) is 0 Å². The molecule has 2 aromatic heterocycles. The van der Waals surface area contributed by atoms with Gasteiger partial charge in [0, 0.05) is 26.5 Å². The van der Waals surface area contributed by atoms with Crippen molar-refractivity contribution in [3.8, 4) is 0 Å². The molecule has 0 bridgehead atoms. The number of pyridine rings is 2. The minimum Gasteiger partial charge on any atom is -0.367 e. The molecule has 0 saturated heterocycles. The van der Waals surface area contributed by atoms with Crippen LogP contribution in [-0.4, -0.2) is 24.1 Å². The monoisotopic (exact) mass is 386 g/mol. The van der Waals surface area contributed by atoms with Crippen LogP contribution in [0.5, 0.6) is 0 Å². The number of benzene rings is 1. The van der Waals surface area contributed by atoms with Crippen LogP contribution >= 0.6 is 23.2 Å². The summed E-state index contributed by atoms with van der Waals surface area (Å²) in [5.74, 6) is 0. The Morgan fingerprint density at radius 2 is 1.15 bits per heavy atom. The van der Waals surface area contributed by atoms with Gasteiger partial charge in [0.05, 0.1) is 45.9 Å². The van der Waals surface area contributed by atoms with Crippen LogP contribution in [0.15, 0.2) is 60.9 Å². The summed E-state index contributed by atoms with van der Waals surface area (Å²) in [6.07, 6.45) is 3.60. The van der Waals surface area contributed by atoms with Crippen LogP contribution in [0.4, 0.5) is 11.4 Å². The second kappa shape index (κ2) is 8.39. The zero-order valence-electron chi connectivity index (χ0n) is 14.7. The van der Waals surface area contributed by atoms with Gasteiger partial charge in [0.1, 0.15) is 0 Å². The first-order valence-corrected chi connectivity index (χ1v) is 9.01. The van der Waals surface area contributed by atoms with E-state index in [0.717, 1.165) is 22.8 Å². The quantitative estimate of drug-likeness (QED) is 0.592. The van der Waals surface area contributed by atoms with Gasteiger partial charge in [-0.3, -0.25) is 9.97 Å². The van der Waals surface area contributed by atoms with Crippen molar-refractivity contribution in [1.82, 2.24) is 9.97 Å². The maximum absolute atomic E-state index is 6.29. The van der Waals surface area contributed by atoms with E-state index in [9.17, 15) is 0 Å². The Balaban J connectivity index is 1.90. The maximum Gasteiger partial charge on any atom is 0.0621 e. The molecule has 0 atom stereocenters. The molecular formula is C20H20Cl2N4. The number of hydrogen-bond donors (Lipinski definition) is 0. The molecule has 0 saturated carbocycles. The van der Waals surface area contributed by atoms with Crippen molar-refractivity contribution in [3.63, 3.8) is 0 Å². The Morgan fingerprint density at radius 1 is 0.731 bits per heavy atom. The van der Waals surface area contributed by atoms with Crippen molar-refractivity contribution in [1.29, 1.82) is 0 Å². The summed E-state index contributed by atoms with van der Waals surface area (Å²) < 4.78 is 0. The van der Waals surface area contributed by atoms with E-state index in [1.165, 1.54) is 0 Å². The fraction of sp³-hybridized carbons (Fsp3) is 0.200. The number of aromatic nitrogens is 2. The molecule has 0 aliphatic heterocycles. The van der Waals surface area contributed by atoms with Crippen molar-refractivity contribution in [3.05, 3.63) is 82.4 Å². The lowest BCUT2D eigenvalue weighted by Gasteiger charge is -2.28. The first-order valence-electron chi connectivity index (χ1n) is 8.25. The molecule has 0 aliphatic rings. The molecule has 3 rings (SSSR count). The molecule has 4 nitrogen and oxygen atoms in total. The summed E-state index contributed by atoms with van der Waals surface area (Å²) in [4.78, 5) is 13.0. The predicted molar refractivity (Wildman–Crippen MR) is 109 cm³/mol. The van der Waals surface area contributed by atoms with Gasteiger partial charge >= 0.3 is 0 Å². The number of nitrogens with zero attached hydrogens (tertiary/aromatic N) is 4. The summed E-state index contributed by atoms with van der Waals surface area (Å²) in [6, 6.07) is 15.6. The Labute approximate surface area is 164 Å². The molecule has 3 aromatic rings. The average molecular weight is 387 g/mol. The third kappa shape index (κ3) is 4.45. The van der Waals surface area contributed by atoms with E-state index in [2.05, 4.69) is 19.8 Å². The summed E-state index contributed by atoms with van der Waals surface area (Å²) in [7, 11) is 4.04.